The van der Waals surface area contributed by atoms with Gasteiger partial charge in [-0.15, -0.1) is 0 Å². The van der Waals surface area contributed by atoms with Gasteiger partial charge < -0.3 is 9.63 Å². The first-order chi connectivity index (χ1) is 19.2. The number of aliphatic carboxylic acids is 1. The molecule has 0 unspecified atom stereocenters. The van der Waals surface area contributed by atoms with Crippen molar-refractivity contribution in [1.29, 1.82) is 0 Å². The van der Waals surface area contributed by atoms with Crippen molar-refractivity contribution >= 4 is 17.6 Å². The zero-order valence-electron chi connectivity index (χ0n) is 22.7. The Morgan fingerprint density at radius 3 is 2.40 bits per heavy atom. The van der Waals surface area contributed by atoms with Crippen LogP contribution in [0.2, 0.25) is 5.02 Å². The zero-order chi connectivity index (χ0) is 28.3. The second-order valence-corrected chi connectivity index (χ2v) is 11.6. The molecule has 6 nitrogen and oxygen atoms in total. The molecule has 4 aromatic rings. The molecule has 0 radical (unpaired) electrons. The SMILES string of the molecule is CC(C)Cc1ccc(-c2nc(-c3ccc(CN4CCC(Cc5ccccc5F)(C(=O)O)CC4)cc3)no2)cc1Cl. The van der Waals surface area contributed by atoms with Gasteiger partial charge in [-0.05, 0) is 79.6 Å². The summed E-state index contributed by atoms with van der Waals surface area (Å²) in [4.78, 5) is 19.0. The number of hydrogen-bond acceptors (Lipinski definition) is 5. The van der Waals surface area contributed by atoms with Crippen LogP contribution in [-0.2, 0) is 24.2 Å². The van der Waals surface area contributed by atoms with Gasteiger partial charge in [-0.3, -0.25) is 9.69 Å². The summed E-state index contributed by atoms with van der Waals surface area (Å²) >= 11 is 6.48. The third-order valence-corrected chi connectivity index (χ3v) is 8.08. The maximum Gasteiger partial charge on any atom is 0.310 e. The summed E-state index contributed by atoms with van der Waals surface area (Å²) in [7, 11) is 0. The highest BCUT2D eigenvalue weighted by atomic mass is 35.5. The molecule has 0 saturated carbocycles. The molecule has 2 heterocycles. The average Bonchev–Trinajstić information content (AvgIpc) is 3.43. The molecule has 1 aliphatic rings. The highest BCUT2D eigenvalue weighted by Crippen LogP contribution is 2.37. The summed E-state index contributed by atoms with van der Waals surface area (Å²) in [6.07, 6.45) is 2.07. The lowest BCUT2D eigenvalue weighted by atomic mass is 9.73. The molecule has 0 aliphatic carbocycles. The summed E-state index contributed by atoms with van der Waals surface area (Å²) in [5.41, 5.74) is 3.35. The molecule has 0 bridgehead atoms. The van der Waals surface area contributed by atoms with E-state index in [0.717, 1.165) is 28.7 Å². The van der Waals surface area contributed by atoms with Gasteiger partial charge in [-0.25, -0.2) is 4.39 Å². The standard InChI is InChI=1S/C32H33ClFN3O3/c1-21(2)17-24-11-12-25(18-27(24)33)30-35-29(36-40-30)23-9-7-22(8-10-23)20-37-15-13-32(14-16-37,31(38)39)19-26-5-3-4-6-28(26)34/h3-12,18,21H,13-17,19-20H2,1-2H3,(H,38,39). The van der Waals surface area contributed by atoms with Crippen LogP contribution in [0, 0.1) is 17.2 Å². The number of likely N-dealkylation sites (tertiary alicyclic amines) is 1. The maximum absolute atomic E-state index is 14.2. The fourth-order valence-electron chi connectivity index (χ4n) is 5.37. The quantitative estimate of drug-likeness (QED) is 0.231. The summed E-state index contributed by atoms with van der Waals surface area (Å²) in [5.74, 6) is 0.236. The van der Waals surface area contributed by atoms with Gasteiger partial charge in [0.25, 0.3) is 5.89 Å². The van der Waals surface area contributed by atoms with Crippen LogP contribution in [0.4, 0.5) is 4.39 Å². The molecule has 1 saturated heterocycles. The largest absolute Gasteiger partial charge is 0.481 e. The Balaban J connectivity index is 1.21. The van der Waals surface area contributed by atoms with Gasteiger partial charge in [-0.2, -0.15) is 4.98 Å². The summed E-state index contributed by atoms with van der Waals surface area (Å²) in [6.45, 7) is 6.29. The van der Waals surface area contributed by atoms with Crippen LogP contribution in [0.5, 0.6) is 0 Å². The van der Waals surface area contributed by atoms with E-state index < -0.39 is 11.4 Å². The minimum atomic E-state index is -0.947. The van der Waals surface area contributed by atoms with Gasteiger partial charge in [0, 0.05) is 22.7 Å². The Labute approximate surface area is 238 Å². The molecule has 8 heteroatoms. The van der Waals surface area contributed by atoms with Crippen LogP contribution >= 0.6 is 11.6 Å². The Morgan fingerprint density at radius 2 is 1.75 bits per heavy atom. The Bertz CT molecular complexity index is 1480. The first kappa shape index (κ1) is 28.0. The van der Waals surface area contributed by atoms with Gasteiger partial charge in [0.1, 0.15) is 5.82 Å². The number of benzene rings is 3. The van der Waals surface area contributed by atoms with Crippen molar-refractivity contribution < 1.29 is 18.8 Å². The van der Waals surface area contributed by atoms with Crippen LogP contribution in [0.25, 0.3) is 22.8 Å². The second-order valence-electron chi connectivity index (χ2n) is 11.2. The Hall–Kier alpha value is -3.55. The lowest BCUT2D eigenvalue weighted by Crippen LogP contribution is -2.45. The highest BCUT2D eigenvalue weighted by molar-refractivity contribution is 6.31. The van der Waals surface area contributed by atoms with Gasteiger partial charge in [0.15, 0.2) is 0 Å². The van der Waals surface area contributed by atoms with E-state index in [0.29, 0.717) is 60.7 Å². The van der Waals surface area contributed by atoms with Crippen molar-refractivity contribution in [3.63, 3.8) is 0 Å². The van der Waals surface area contributed by atoms with Crippen molar-refractivity contribution in [3.05, 3.63) is 94.3 Å². The number of carboxylic acid groups (broad SMARTS) is 1. The van der Waals surface area contributed by atoms with Crippen molar-refractivity contribution in [1.82, 2.24) is 15.0 Å². The fraction of sp³-hybridized carbons (Fsp3) is 0.344. The van der Waals surface area contributed by atoms with Crippen molar-refractivity contribution in [2.75, 3.05) is 13.1 Å². The minimum absolute atomic E-state index is 0.207. The van der Waals surface area contributed by atoms with Gasteiger partial charge in [-0.1, -0.05) is 79.1 Å². The molecule has 5 rings (SSSR count). The number of rotatable bonds is 9. The molecule has 0 amide bonds. The van der Waals surface area contributed by atoms with Crippen LogP contribution in [0.3, 0.4) is 0 Å². The van der Waals surface area contributed by atoms with Gasteiger partial charge >= 0.3 is 5.97 Å². The molecule has 0 spiro atoms. The predicted molar refractivity (Wildman–Crippen MR) is 153 cm³/mol. The van der Waals surface area contributed by atoms with Crippen LogP contribution < -0.4 is 0 Å². The van der Waals surface area contributed by atoms with E-state index in [-0.39, 0.29) is 12.2 Å². The number of piperidine rings is 1. The molecule has 1 N–H and O–H groups in total. The third-order valence-electron chi connectivity index (χ3n) is 7.73. The Kier molecular flexibility index (Phi) is 8.33. The molecular weight excluding hydrogens is 529 g/mol. The molecule has 208 valence electrons. The number of halogens is 2. The van der Waals surface area contributed by atoms with E-state index in [9.17, 15) is 14.3 Å². The van der Waals surface area contributed by atoms with E-state index in [4.69, 9.17) is 16.1 Å². The van der Waals surface area contributed by atoms with E-state index in [1.54, 1.807) is 18.2 Å². The van der Waals surface area contributed by atoms with Gasteiger partial charge in [0.2, 0.25) is 5.82 Å². The Morgan fingerprint density at radius 1 is 1.05 bits per heavy atom. The van der Waals surface area contributed by atoms with Crippen molar-refractivity contribution in [2.45, 2.75) is 46.1 Å². The van der Waals surface area contributed by atoms with Crippen LogP contribution in [0.1, 0.15) is 43.4 Å². The topological polar surface area (TPSA) is 79.5 Å². The van der Waals surface area contributed by atoms with Crippen LogP contribution in [0.15, 0.2) is 71.3 Å². The highest BCUT2D eigenvalue weighted by Gasteiger charge is 2.42. The van der Waals surface area contributed by atoms with E-state index in [2.05, 4.69) is 28.9 Å². The molecule has 3 aromatic carbocycles. The maximum atomic E-state index is 14.2. The van der Waals surface area contributed by atoms with Crippen molar-refractivity contribution in [2.24, 2.45) is 11.3 Å². The fourth-order valence-corrected chi connectivity index (χ4v) is 5.63. The van der Waals surface area contributed by atoms with Crippen LogP contribution in [-0.4, -0.2) is 39.2 Å². The lowest BCUT2D eigenvalue weighted by molar-refractivity contribution is -0.152. The zero-order valence-corrected chi connectivity index (χ0v) is 23.5. The first-order valence-corrected chi connectivity index (χ1v) is 14.0. The smallest absolute Gasteiger partial charge is 0.310 e. The minimum Gasteiger partial charge on any atom is -0.481 e. The normalized spacial score (nSPS) is 15.4. The predicted octanol–water partition coefficient (Wildman–Crippen LogP) is 7.30. The van der Waals surface area contributed by atoms with E-state index in [1.165, 1.54) is 6.07 Å². The van der Waals surface area contributed by atoms with E-state index >= 15 is 0 Å². The van der Waals surface area contributed by atoms with Crippen molar-refractivity contribution in [3.8, 4) is 22.8 Å². The lowest BCUT2D eigenvalue weighted by Gasteiger charge is -2.39. The molecule has 1 fully saturated rings. The third kappa shape index (κ3) is 6.26. The molecular formula is C32H33ClFN3O3. The summed E-state index contributed by atoms with van der Waals surface area (Å²) in [5, 5.41) is 14.9. The molecule has 40 heavy (non-hydrogen) atoms. The first-order valence-electron chi connectivity index (χ1n) is 13.6. The molecule has 0 atom stereocenters. The molecule has 1 aromatic heterocycles. The van der Waals surface area contributed by atoms with E-state index in [1.807, 2.05) is 42.5 Å². The second kappa shape index (κ2) is 11.9. The number of aromatic nitrogens is 2. The number of hydrogen-bond donors (Lipinski definition) is 1. The summed E-state index contributed by atoms with van der Waals surface area (Å²) in [6, 6.07) is 20.3. The molecule has 1 aliphatic heterocycles. The monoisotopic (exact) mass is 561 g/mol. The summed E-state index contributed by atoms with van der Waals surface area (Å²) < 4.78 is 19.8. The average molecular weight is 562 g/mol. The van der Waals surface area contributed by atoms with Gasteiger partial charge in [0.05, 0.1) is 5.41 Å². The number of nitrogens with zero attached hydrogens (tertiary/aromatic N) is 3. The number of carboxylic acids is 1. The number of carbonyl (C=O) groups is 1.